The predicted molar refractivity (Wildman–Crippen MR) is 108 cm³/mol. The molecular formula is C21H23N5O. The molecule has 5 atom stereocenters. The molecule has 0 amide bonds. The Kier molecular flexibility index (Phi) is 3.50. The van der Waals surface area contributed by atoms with E-state index >= 15 is 0 Å². The number of hydrogen-bond donors (Lipinski definition) is 4. The van der Waals surface area contributed by atoms with E-state index in [-0.39, 0.29) is 6.04 Å². The number of nitrogens with two attached hydrogens (primary N) is 2. The Labute approximate surface area is 157 Å². The summed E-state index contributed by atoms with van der Waals surface area (Å²) in [6, 6.07) is 9.62. The van der Waals surface area contributed by atoms with Crippen LogP contribution < -0.4 is 16.8 Å². The first-order valence-corrected chi connectivity index (χ1v) is 9.54. The Hall–Kier alpha value is -2.89. The molecule has 138 valence electrons. The van der Waals surface area contributed by atoms with E-state index in [1.807, 2.05) is 24.3 Å². The van der Waals surface area contributed by atoms with Gasteiger partial charge in [0.05, 0.1) is 11.7 Å². The van der Waals surface area contributed by atoms with Crippen molar-refractivity contribution in [2.75, 3.05) is 16.8 Å². The molecule has 5 rings (SSSR count). The first kappa shape index (κ1) is 16.3. The van der Waals surface area contributed by atoms with Crippen molar-refractivity contribution < 1.29 is 0 Å². The van der Waals surface area contributed by atoms with Crippen LogP contribution in [-0.4, -0.2) is 6.21 Å². The van der Waals surface area contributed by atoms with Crippen molar-refractivity contribution in [3.63, 3.8) is 0 Å². The molecule has 0 radical (unpaired) electrons. The summed E-state index contributed by atoms with van der Waals surface area (Å²) in [5.74, 6) is 2.12. The third-order valence-electron chi connectivity index (χ3n) is 6.99. The minimum Gasteiger partial charge on any atom is -0.398 e. The van der Waals surface area contributed by atoms with E-state index < -0.39 is 0 Å². The van der Waals surface area contributed by atoms with Crippen LogP contribution in [0.4, 0.5) is 22.7 Å². The van der Waals surface area contributed by atoms with Crippen molar-refractivity contribution in [3.05, 3.63) is 51.9 Å². The van der Waals surface area contributed by atoms with Crippen LogP contribution in [0.15, 0.2) is 35.5 Å². The Balaban J connectivity index is 1.68. The lowest BCUT2D eigenvalue weighted by Crippen LogP contribution is -2.36. The Morgan fingerprint density at radius 3 is 2.67 bits per heavy atom. The number of nitrogen functional groups attached to an aromatic ring is 2. The summed E-state index contributed by atoms with van der Waals surface area (Å²) in [6.07, 6.45) is 5.12. The van der Waals surface area contributed by atoms with Crippen LogP contribution in [0.5, 0.6) is 0 Å². The van der Waals surface area contributed by atoms with Gasteiger partial charge in [-0.3, -0.25) is 0 Å². The van der Waals surface area contributed by atoms with Crippen LogP contribution in [-0.2, 0) is 0 Å². The Bertz CT molecular complexity index is 956. The number of nitrogens with zero attached hydrogens (tertiary/aromatic N) is 1. The molecule has 2 fully saturated rings. The third kappa shape index (κ3) is 2.22. The minimum atomic E-state index is 0.112. The second-order valence-electron chi connectivity index (χ2n) is 8.14. The largest absolute Gasteiger partial charge is 0.398 e. The monoisotopic (exact) mass is 361 g/mol. The Morgan fingerprint density at radius 1 is 1.11 bits per heavy atom. The molecule has 2 aliphatic carbocycles. The van der Waals surface area contributed by atoms with Gasteiger partial charge in [0.15, 0.2) is 0 Å². The highest BCUT2D eigenvalue weighted by Crippen LogP contribution is 2.64. The SMILES string of the molecule is N=Cc1c(N)ccc2c1C1C3CCC(C3)C1C(c1ccc(N)c(N=O)c1)N2. The lowest BCUT2D eigenvalue weighted by Gasteiger charge is -2.44. The van der Waals surface area contributed by atoms with Crippen LogP contribution in [0.25, 0.3) is 0 Å². The summed E-state index contributed by atoms with van der Waals surface area (Å²) >= 11 is 0. The third-order valence-corrected chi connectivity index (χ3v) is 6.99. The quantitative estimate of drug-likeness (QED) is 0.364. The van der Waals surface area contributed by atoms with Crippen molar-refractivity contribution in [3.8, 4) is 0 Å². The number of benzene rings is 2. The highest BCUT2D eigenvalue weighted by Gasteiger charge is 2.54. The summed E-state index contributed by atoms with van der Waals surface area (Å²) in [5, 5.41) is 14.7. The predicted octanol–water partition coefficient (Wildman–Crippen LogP) is 4.54. The van der Waals surface area contributed by atoms with E-state index in [0.717, 1.165) is 16.8 Å². The molecule has 1 heterocycles. The van der Waals surface area contributed by atoms with Gasteiger partial charge in [0.2, 0.25) is 0 Å². The second-order valence-corrected chi connectivity index (χ2v) is 8.14. The van der Waals surface area contributed by atoms with Crippen LogP contribution in [0, 0.1) is 28.1 Å². The van der Waals surface area contributed by atoms with Crippen molar-refractivity contribution in [1.82, 2.24) is 0 Å². The molecule has 6 N–H and O–H groups in total. The zero-order valence-electron chi connectivity index (χ0n) is 15.0. The average molecular weight is 361 g/mol. The molecule has 6 heteroatoms. The standard InChI is InChI=1S/C21H23N5O/c22-9-13-14(23)5-6-16-20(13)18-10-1-2-11(7-10)19(18)21(25-16)12-3-4-15(24)17(8-12)26-27/h3-6,8-11,18-19,21-22,25H,1-2,7,23-24H2. The smallest absolute Gasteiger partial charge is 0.131 e. The molecule has 2 aromatic rings. The second kappa shape index (κ2) is 5.81. The van der Waals surface area contributed by atoms with Crippen LogP contribution in [0.1, 0.15) is 47.9 Å². The van der Waals surface area contributed by atoms with Gasteiger partial charge in [0.1, 0.15) is 5.69 Å². The lowest BCUT2D eigenvalue weighted by molar-refractivity contribution is 0.247. The van der Waals surface area contributed by atoms with Crippen molar-refractivity contribution >= 4 is 29.0 Å². The van der Waals surface area contributed by atoms with Gasteiger partial charge in [0.25, 0.3) is 0 Å². The van der Waals surface area contributed by atoms with Gasteiger partial charge in [-0.2, -0.15) is 0 Å². The van der Waals surface area contributed by atoms with Crippen molar-refractivity contribution in [1.29, 1.82) is 5.41 Å². The summed E-state index contributed by atoms with van der Waals surface area (Å²) in [6.45, 7) is 0. The summed E-state index contributed by atoms with van der Waals surface area (Å²) in [4.78, 5) is 11.1. The maximum atomic E-state index is 11.1. The fourth-order valence-corrected chi connectivity index (χ4v) is 5.95. The van der Waals surface area contributed by atoms with Gasteiger partial charge in [-0.25, -0.2) is 0 Å². The van der Waals surface area contributed by atoms with E-state index in [9.17, 15) is 4.91 Å². The van der Waals surface area contributed by atoms with E-state index in [2.05, 4.69) is 10.5 Å². The number of hydrogen-bond acceptors (Lipinski definition) is 6. The maximum Gasteiger partial charge on any atom is 0.131 e. The molecular weight excluding hydrogens is 338 g/mol. The first-order chi connectivity index (χ1) is 13.1. The van der Waals surface area contributed by atoms with Crippen LogP contribution in [0.3, 0.4) is 0 Å². The molecule has 5 unspecified atom stereocenters. The van der Waals surface area contributed by atoms with E-state index in [1.165, 1.54) is 31.0 Å². The number of nitrogens with one attached hydrogen (secondary N) is 2. The van der Waals surface area contributed by atoms with Gasteiger partial charge in [-0.1, -0.05) is 6.07 Å². The molecule has 0 spiro atoms. The highest BCUT2D eigenvalue weighted by molar-refractivity contribution is 5.91. The first-order valence-electron chi connectivity index (χ1n) is 9.54. The fraction of sp³-hybridized carbons (Fsp3) is 0.381. The summed E-state index contributed by atoms with van der Waals surface area (Å²) in [7, 11) is 0. The average Bonchev–Trinajstić information content (AvgIpc) is 3.30. The lowest BCUT2D eigenvalue weighted by atomic mass is 9.67. The molecule has 2 saturated carbocycles. The van der Waals surface area contributed by atoms with Gasteiger partial charge in [-0.05, 0) is 83.5 Å². The minimum absolute atomic E-state index is 0.112. The molecule has 0 saturated heterocycles. The van der Waals surface area contributed by atoms with Gasteiger partial charge in [-0.15, -0.1) is 4.91 Å². The number of anilines is 3. The molecule has 0 aromatic heterocycles. The zero-order valence-corrected chi connectivity index (χ0v) is 15.0. The van der Waals surface area contributed by atoms with E-state index in [0.29, 0.717) is 40.7 Å². The normalized spacial score (nSPS) is 30.3. The van der Waals surface area contributed by atoms with Gasteiger partial charge >= 0.3 is 0 Å². The molecule has 2 aromatic carbocycles. The molecule has 27 heavy (non-hydrogen) atoms. The van der Waals surface area contributed by atoms with E-state index in [4.69, 9.17) is 16.9 Å². The molecule has 1 aliphatic heterocycles. The summed E-state index contributed by atoms with van der Waals surface area (Å²) < 4.78 is 0. The highest BCUT2D eigenvalue weighted by atomic mass is 16.3. The van der Waals surface area contributed by atoms with Crippen LogP contribution >= 0.6 is 0 Å². The fourth-order valence-electron chi connectivity index (χ4n) is 5.95. The van der Waals surface area contributed by atoms with Gasteiger partial charge in [0, 0.05) is 23.2 Å². The summed E-state index contributed by atoms with van der Waals surface area (Å²) in [5.41, 5.74) is 17.6. The maximum absolute atomic E-state index is 11.1. The Morgan fingerprint density at radius 2 is 1.89 bits per heavy atom. The van der Waals surface area contributed by atoms with Gasteiger partial charge < -0.3 is 22.2 Å². The number of nitroso groups, excluding NO2 is 1. The van der Waals surface area contributed by atoms with E-state index in [1.54, 1.807) is 6.07 Å². The van der Waals surface area contributed by atoms with Crippen molar-refractivity contribution in [2.24, 2.45) is 22.9 Å². The van der Waals surface area contributed by atoms with Crippen molar-refractivity contribution in [2.45, 2.75) is 31.2 Å². The molecule has 3 aliphatic rings. The van der Waals surface area contributed by atoms with Crippen LogP contribution in [0.2, 0.25) is 0 Å². The molecule has 2 bridgehead atoms. The molecule has 6 nitrogen and oxygen atoms in total. The topological polar surface area (TPSA) is 117 Å². The zero-order chi connectivity index (χ0) is 18.7. The number of fused-ring (bicyclic) bond motifs is 7. The number of rotatable bonds is 3.